The van der Waals surface area contributed by atoms with Crippen LogP contribution in [0.5, 0.6) is 0 Å². The predicted octanol–water partition coefficient (Wildman–Crippen LogP) is 4.84. The summed E-state index contributed by atoms with van der Waals surface area (Å²) in [4.78, 5) is 12.4. The smallest absolute Gasteiger partial charge is 0.232 e. The van der Waals surface area contributed by atoms with Crippen LogP contribution in [0.15, 0.2) is 18.2 Å². The van der Waals surface area contributed by atoms with Crippen molar-refractivity contribution in [2.24, 2.45) is 17.3 Å². The molecule has 1 saturated carbocycles. The van der Waals surface area contributed by atoms with Crippen LogP contribution in [0, 0.1) is 17.3 Å². The van der Waals surface area contributed by atoms with Crippen molar-refractivity contribution in [2.75, 3.05) is 5.32 Å². The molecule has 2 aliphatic rings. The maximum absolute atomic E-state index is 12.4. The second kappa shape index (κ2) is 4.77. The van der Waals surface area contributed by atoms with Crippen molar-refractivity contribution >= 4 is 23.2 Å². The number of halogens is 1. The highest BCUT2D eigenvalue weighted by Crippen LogP contribution is 2.50. The van der Waals surface area contributed by atoms with E-state index in [2.05, 4.69) is 32.2 Å². The molecule has 0 bridgehead atoms. The Morgan fingerprint density at radius 3 is 2.75 bits per heavy atom. The normalized spacial score (nSPS) is 31.8. The zero-order valence-corrected chi connectivity index (χ0v) is 13.1. The molecule has 1 aromatic rings. The molecule has 1 aromatic carbocycles. The van der Waals surface area contributed by atoms with E-state index in [0.717, 1.165) is 24.1 Å². The summed E-state index contributed by atoms with van der Waals surface area (Å²) in [5.74, 6) is 1.21. The fraction of sp³-hybridized carbons (Fsp3) is 0.588. The summed E-state index contributed by atoms with van der Waals surface area (Å²) in [6, 6.07) is 5.85. The molecule has 3 heteroatoms. The summed E-state index contributed by atoms with van der Waals surface area (Å²) in [6.07, 6.45) is 3.50. The molecule has 0 aromatic heterocycles. The monoisotopic (exact) mass is 291 g/mol. The summed E-state index contributed by atoms with van der Waals surface area (Å²) >= 11 is 6.21. The number of fused-ring (bicyclic) bond motifs is 1. The first kappa shape index (κ1) is 13.9. The van der Waals surface area contributed by atoms with Gasteiger partial charge in [-0.2, -0.15) is 0 Å². The van der Waals surface area contributed by atoms with Gasteiger partial charge in [-0.3, -0.25) is 4.79 Å². The van der Waals surface area contributed by atoms with E-state index in [1.54, 1.807) is 0 Å². The highest BCUT2D eigenvalue weighted by atomic mass is 35.5. The molecule has 0 saturated heterocycles. The zero-order valence-electron chi connectivity index (χ0n) is 12.4. The number of amides is 1. The molecular formula is C17H22ClNO. The van der Waals surface area contributed by atoms with Gasteiger partial charge < -0.3 is 5.32 Å². The van der Waals surface area contributed by atoms with Crippen LogP contribution in [-0.4, -0.2) is 5.91 Å². The Kier molecular flexibility index (Phi) is 3.32. The standard InChI is InChI=1S/C17H22ClNO/c1-10-7-11(9-17(2,3)8-10)14-12-5-4-6-13(18)15(12)19-16(14)20/h4-6,10-11,14H,7-9H2,1-3H3,(H,19,20). The molecule has 3 atom stereocenters. The van der Waals surface area contributed by atoms with Gasteiger partial charge in [0.05, 0.1) is 16.6 Å². The molecule has 0 spiro atoms. The highest BCUT2D eigenvalue weighted by Gasteiger charge is 2.43. The van der Waals surface area contributed by atoms with Gasteiger partial charge in [0.1, 0.15) is 0 Å². The molecule has 3 unspecified atom stereocenters. The van der Waals surface area contributed by atoms with Gasteiger partial charge in [0.15, 0.2) is 0 Å². The predicted molar refractivity (Wildman–Crippen MR) is 83.1 cm³/mol. The molecule has 1 amide bonds. The molecule has 1 heterocycles. The van der Waals surface area contributed by atoms with Gasteiger partial charge in [0, 0.05) is 0 Å². The van der Waals surface area contributed by atoms with E-state index < -0.39 is 0 Å². The lowest BCUT2D eigenvalue weighted by Gasteiger charge is -2.41. The minimum Gasteiger partial charge on any atom is -0.324 e. The van der Waals surface area contributed by atoms with Crippen LogP contribution < -0.4 is 5.32 Å². The minimum atomic E-state index is -0.0225. The number of rotatable bonds is 1. The van der Waals surface area contributed by atoms with Crippen molar-refractivity contribution in [1.29, 1.82) is 0 Å². The lowest BCUT2D eigenvalue weighted by molar-refractivity contribution is -0.118. The molecule has 1 aliphatic carbocycles. The Morgan fingerprint density at radius 1 is 1.30 bits per heavy atom. The number of carbonyl (C=O) groups excluding carboxylic acids is 1. The third kappa shape index (κ3) is 2.35. The Morgan fingerprint density at radius 2 is 2.05 bits per heavy atom. The summed E-state index contributed by atoms with van der Waals surface area (Å²) < 4.78 is 0. The number of benzene rings is 1. The van der Waals surface area contributed by atoms with Gasteiger partial charge in [-0.15, -0.1) is 0 Å². The largest absolute Gasteiger partial charge is 0.324 e. The Hall–Kier alpha value is -1.02. The first-order valence-corrected chi connectivity index (χ1v) is 7.84. The topological polar surface area (TPSA) is 29.1 Å². The van der Waals surface area contributed by atoms with Crippen molar-refractivity contribution in [3.63, 3.8) is 0 Å². The van der Waals surface area contributed by atoms with Gasteiger partial charge in [-0.1, -0.05) is 44.5 Å². The summed E-state index contributed by atoms with van der Waals surface area (Å²) in [5, 5.41) is 3.64. The number of nitrogens with one attached hydrogen (secondary N) is 1. The second-order valence-corrected chi connectivity index (χ2v) is 7.75. The Bertz CT molecular complexity index is 552. The van der Waals surface area contributed by atoms with Gasteiger partial charge in [-0.05, 0) is 48.1 Å². The third-order valence-corrected chi connectivity index (χ3v) is 5.12. The highest BCUT2D eigenvalue weighted by molar-refractivity contribution is 6.34. The third-order valence-electron chi connectivity index (χ3n) is 4.80. The zero-order chi connectivity index (χ0) is 14.5. The Balaban J connectivity index is 1.95. The van der Waals surface area contributed by atoms with Crippen molar-refractivity contribution in [3.8, 4) is 0 Å². The lowest BCUT2D eigenvalue weighted by atomic mass is 9.64. The van der Waals surface area contributed by atoms with Crippen molar-refractivity contribution in [2.45, 2.75) is 46.0 Å². The number of hydrogen-bond acceptors (Lipinski definition) is 1. The van der Waals surface area contributed by atoms with E-state index in [1.807, 2.05) is 12.1 Å². The first-order chi connectivity index (χ1) is 9.37. The van der Waals surface area contributed by atoms with E-state index in [4.69, 9.17) is 11.6 Å². The van der Waals surface area contributed by atoms with Crippen LogP contribution in [0.25, 0.3) is 0 Å². The molecule has 108 valence electrons. The molecule has 1 N–H and O–H groups in total. The van der Waals surface area contributed by atoms with Crippen LogP contribution >= 0.6 is 11.6 Å². The SMILES string of the molecule is CC1CC(C2C(=O)Nc3c(Cl)cccc32)CC(C)(C)C1. The van der Waals surface area contributed by atoms with Crippen molar-refractivity contribution in [3.05, 3.63) is 28.8 Å². The maximum Gasteiger partial charge on any atom is 0.232 e. The van der Waals surface area contributed by atoms with E-state index in [9.17, 15) is 4.79 Å². The molecular weight excluding hydrogens is 270 g/mol. The fourth-order valence-electron chi connectivity index (χ4n) is 4.42. The number of hydrogen-bond donors (Lipinski definition) is 1. The van der Waals surface area contributed by atoms with Gasteiger partial charge in [0.2, 0.25) is 5.91 Å². The maximum atomic E-state index is 12.4. The average Bonchev–Trinajstić information content (AvgIpc) is 2.64. The second-order valence-electron chi connectivity index (χ2n) is 7.34. The van der Waals surface area contributed by atoms with Gasteiger partial charge in [-0.25, -0.2) is 0 Å². The van der Waals surface area contributed by atoms with Gasteiger partial charge in [0.25, 0.3) is 0 Å². The van der Waals surface area contributed by atoms with Crippen LogP contribution in [0.1, 0.15) is 51.5 Å². The quantitative estimate of drug-likeness (QED) is 0.788. The number of carbonyl (C=O) groups is 1. The van der Waals surface area contributed by atoms with E-state index in [0.29, 0.717) is 22.3 Å². The molecule has 1 fully saturated rings. The van der Waals surface area contributed by atoms with Crippen LogP contribution in [0.4, 0.5) is 5.69 Å². The Labute approximate surface area is 125 Å². The first-order valence-electron chi connectivity index (χ1n) is 7.47. The summed E-state index contributed by atoms with van der Waals surface area (Å²) in [5.41, 5.74) is 2.25. The van der Waals surface area contributed by atoms with Crippen LogP contribution in [-0.2, 0) is 4.79 Å². The van der Waals surface area contributed by atoms with E-state index >= 15 is 0 Å². The average molecular weight is 292 g/mol. The molecule has 0 radical (unpaired) electrons. The lowest BCUT2D eigenvalue weighted by Crippen LogP contribution is -2.33. The number of anilines is 1. The molecule has 20 heavy (non-hydrogen) atoms. The van der Waals surface area contributed by atoms with Crippen molar-refractivity contribution < 1.29 is 4.79 Å². The molecule has 1 aliphatic heterocycles. The summed E-state index contributed by atoms with van der Waals surface area (Å²) in [7, 11) is 0. The van der Waals surface area contributed by atoms with Gasteiger partial charge >= 0.3 is 0 Å². The molecule has 3 rings (SSSR count). The summed E-state index contributed by atoms with van der Waals surface area (Å²) in [6.45, 7) is 6.95. The van der Waals surface area contributed by atoms with Crippen molar-refractivity contribution in [1.82, 2.24) is 0 Å². The fourth-order valence-corrected chi connectivity index (χ4v) is 4.65. The minimum absolute atomic E-state index is 0.0225. The van der Waals surface area contributed by atoms with E-state index in [1.165, 1.54) is 6.42 Å². The van der Waals surface area contributed by atoms with Crippen LogP contribution in [0.3, 0.4) is 0 Å². The van der Waals surface area contributed by atoms with E-state index in [-0.39, 0.29) is 11.8 Å². The van der Waals surface area contributed by atoms with Crippen LogP contribution in [0.2, 0.25) is 5.02 Å². The molecule has 2 nitrogen and oxygen atoms in total. The number of para-hydroxylation sites is 1.